The van der Waals surface area contributed by atoms with Gasteiger partial charge in [-0.05, 0) is 57.5 Å². The summed E-state index contributed by atoms with van der Waals surface area (Å²) in [5, 5.41) is 4.85. The number of likely N-dealkylation sites (tertiary alicyclic amines) is 1. The van der Waals surface area contributed by atoms with E-state index >= 15 is 0 Å². The lowest BCUT2D eigenvalue weighted by atomic mass is 10.2. The number of nitrogens with one attached hydrogen (secondary N) is 1. The third-order valence-electron chi connectivity index (χ3n) is 3.57. The molecular weight excluding hydrogens is 300 g/mol. The van der Waals surface area contributed by atoms with Crippen LogP contribution in [0.4, 0.5) is 4.79 Å². The normalized spacial score (nSPS) is 18.4. The summed E-state index contributed by atoms with van der Waals surface area (Å²) in [6.07, 6.45) is 1.54. The number of amides is 2. The monoisotopic (exact) mass is 324 g/mol. The van der Waals surface area contributed by atoms with Gasteiger partial charge in [-0.25, -0.2) is 4.79 Å². The number of hydrogen-bond acceptors (Lipinski definition) is 4. The molecule has 1 atom stereocenters. The molecule has 0 aromatic carbocycles. The highest BCUT2D eigenvalue weighted by Gasteiger charge is 2.32. The van der Waals surface area contributed by atoms with Gasteiger partial charge in [-0.15, -0.1) is 11.3 Å². The summed E-state index contributed by atoms with van der Waals surface area (Å²) < 4.78 is 5.43. The molecule has 1 saturated heterocycles. The van der Waals surface area contributed by atoms with Crippen LogP contribution in [0.3, 0.4) is 0 Å². The molecule has 2 heterocycles. The first kappa shape index (κ1) is 16.8. The topological polar surface area (TPSA) is 58.6 Å². The van der Waals surface area contributed by atoms with E-state index in [0.717, 1.165) is 23.3 Å². The van der Waals surface area contributed by atoms with Crippen molar-refractivity contribution in [3.63, 3.8) is 0 Å². The second kappa shape index (κ2) is 6.69. The number of carbonyl (C=O) groups is 2. The molecule has 0 radical (unpaired) electrons. The van der Waals surface area contributed by atoms with Crippen molar-refractivity contribution in [3.8, 4) is 0 Å². The van der Waals surface area contributed by atoms with Crippen molar-refractivity contribution in [1.29, 1.82) is 0 Å². The SMILES string of the molecule is Cc1ccsc1C(=O)NC[C@@H]1CCCN1C(=O)OC(C)(C)C. The summed E-state index contributed by atoms with van der Waals surface area (Å²) in [6, 6.07) is 1.95. The fourth-order valence-corrected chi connectivity index (χ4v) is 3.35. The van der Waals surface area contributed by atoms with Crippen LogP contribution in [0.5, 0.6) is 0 Å². The number of aryl methyl sites for hydroxylation is 1. The predicted octanol–water partition coefficient (Wildman–Crippen LogP) is 3.19. The Morgan fingerprint density at radius 3 is 2.77 bits per heavy atom. The first-order valence-corrected chi connectivity index (χ1v) is 8.48. The minimum absolute atomic E-state index is 0.0130. The van der Waals surface area contributed by atoms with Crippen molar-refractivity contribution in [3.05, 3.63) is 21.9 Å². The molecule has 1 N–H and O–H groups in total. The first-order chi connectivity index (χ1) is 10.3. The van der Waals surface area contributed by atoms with Crippen LogP contribution >= 0.6 is 11.3 Å². The van der Waals surface area contributed by atoms with Gasteiger partial charge >= 0.3 is 6.09 Å². The lowest BCUT2D eigenvalue weighted by Gasteiger charge is -2.28. The number of rotatable bonds is 3. The fraction of sp³-hybridized carbons (Fsp3) is 0.625. The molecule has 1 fully saturated rings. The Labute approximate surface area is 135 Å². The van der Waals surface area contributed by atoms with Gasteiger partial charge in [-0.3, -0.25) is 4.79 Å². The molecule has 1 aliphatic rings. The highest BCUT2D eigenvalue weighted by molar-refractivity contribution is 7.12. The molecule has 0 saturated carbocycles. The molecule has 1 aromatic heterocycles. The summed E-state index contributed by atoms with van der Waals surface area (Å²) in [7, 11) is 0. The maximum absolute atomic E-state index is 12.2. The van der Waals surface area contributed by atoms with E-state index in [9.17, 15) is 9.59 Å². The molecule has 1 aliphatic heterocycles. The average molecular weight is 324 g/mol. The minimum Gasteiger partial charge on any atom is -0.444 e. The maximum atomic E-state index is 12.2. The zero-order chi connectivity index (χ0) is 16.3. The first-order valence-electron chi connectivity index (χ1n) is 7.60. The summed E-state index contributed by atoms with van der Waals surface area (Å²) in [6.45, 7) is 8.66. The molecule has 1 aromatic rings. The van der Waals surface area contributed by atoms with Crippen molar-refractivity contribution < 1.29 is 14.3 Å². The van der Waals surface area contributed by atoms with E-state index < -0.39 is 5.60 Å². The third kappa shape index (κ3) is 4.22. The lowest BCUT2D eigenvalue weighted by molar-refractivity contribution is 0.0225. The Hall–Kier alpha value is -1.56. The highest BCUT2D eigenvalue weighted by Crippen LogP contribution is 2.21. The second-order valence-corrected chi connectivity index (χ2v) is 7.53. The fourth-order valence-electron chi connectivity index (χ4n) is 2.50. The molecule has 0 aliphatic carbocycles. The van der Waals surface area contributed by atoms with E-state index in [2.05, 4.69) is 5.32 Å². The van der Waals surface area contributed by atoms with Crippen LogP contribution in [-0.2, 0) is 4.74 Å². The van der Waals surface area contributed by atoms with Crippen molar-refractivity contribution in [2.75, 3.05) is 13.1 Å². The van der Waals surface area contributed by atoms with E-state index in [1.165, 1.54) is 11.3 Å². The Balaban J connectivity index is 1.90. The largest absolute Gasteiger partial charge is 0.444 e. The lowest BCUT2D eigenvalue weighted by Crippen LogP contribution is -2.45. The number of ether oxygens (including phenoxy) is 1. The van der Waals surface area contributed by atoms with Crippen LogP contribution in [0.25, 0.3) is 0 Å². The van der Waals surface area contributed by atoms with Gasteiger partial charge in [0.15, 0.2) is 0 Å². The quantitative estimate of drug-likeness (QED) is 0.929. The number of thiophene rings is 1. The zero-order valence-electron chi connectivity index (χ0n) is 13.6. The molecular formula is C16H24N2O3S. The van der Waals surface area contributed by atoms with Gasteiger partial charge in [0.1, 0.15) is 5.60 Å². The molecule has 6 heteroatoms. The molecule has 0 bridgehead atoms. The van der Waals surface area contributed by atoms with Crippen molar-refractivity contribution in [1.82, 2.24) is 10.2 Å². The van der Waals surface area contributed by atoms with Crippen LogP contribution in [0, 0.1) is 6.92 Å². The molecule has 22 heavy (non-hydrogen) atoms. The van der Waals surface area contributed by atoms with Gasteiger partial charge in [0.25, 0.3) is 5.91 Å². The van der Waals surface area contributed by atoms with Crippen LogP contribution in [0.1, 0.15) is 48.8 Å². The summed E-state index contributed by atoms with van der Waals surface area (Å²) in [5.74, 6) is -0.0662. The third-order valence-corrected chi connectivity index (χ3v) is 4.59. The van der Waals surface area contributed by atoms with E-state index in [1.807, 2.05) is 39.1 Å². The average Bonchev–Trinajstić information content (AvgIpc) is 3.02. The Bertz CT molecular complexity index is 548. The summed E-state index contributed by atoms with van der Waals surface area (Å²) in [5.41, 5.74) is 0.486. The van der Waals surface area contributed by atoms with Crippen LogP contribution in [0.15, 0.2) is 11.4 Å². The summed E-state index contributed by atoms with van der Waals surface area (Å²) >= 11 is 1.44. The molecule has 2 amide bonds. The minimum atomic E-state index is -0.498. The molecule has 122 valence electrons. The van der Waals surface area contributed by atoms with Crippen molar-refractivity contribution >= 4 is 23.3 Å². The van der Waals surface area contributed by atoms with Crippen LogP contribution < -0.4 is 5.32 Å². The van der Waals surface area contributed by atoms with Gasteiger partial charge < -0.3 is 15.0 Å². The smallest absolute Gasteiger partial charge is 0.410 e. The Morgan fingerprint density at radius 2 is 2.18 bits per heavy atom. The van der Waals surface area contributed by atoms with Crippen molar-refractivity contribution in [2.45, 2.75) is 52.2 Å². The van der Waals surface area contributed by atoms with Crippen molar-refractivity contribution in [2.24, 2.45) is 0 Å². The second-order valence-electron chi connectivity index (χ2n) is 6.61. The maximum Gasteiger partial charge on any atom is 0.410 e. The molecule has 0 unspecified atom stereocenters. The van der Waals surface area contributed by atoms with E-state index in [4.69, 9.17) is 4.74 Å². The van der Waals surface area contributed by atoms with Crippen LogP contribution in [0.2, 0.25) is 0 Å². The number of nitrogens with zero attached hydrogens (tertiary/aromatic N) is 1. The van der Waals surface area contributed by atoms with Gasteiger partial charge in [0.2, 0.25) is 0 Å². The Kier molecular flexibility index (Phi) is 5.11. The number of hydrogen-bond donors (Lipinski definition) is 1. The van der Waals surface area contributed by atoms with Gasteiger partial charge in [-0.1, -0.05) is 0 Å². The molecule has 5 nitrogen and oxygen atoms in total. The highest BCUT2D eigenvalue weighted by atomic mass is 32.1. The van der Waals surface area contributed by atoms with E-state index in [-0.39, 0.29) is 18.0 Å². The standard InChI is InChI=1S/C16H24N2O3S/c1-11-7-9-22-13(11)14(19)17-10-12-6-5-8-18(12)15(20)21-16(2,3)4/h7,9,12H,5-6,8,10H2,1-4H3,(H,17,19)/t12-/m0/s1. The predicted molar refractivity (Wildman–Crippen MR) is 87.4 cm³/mol. The number of carbonyl (C=O) groups excluding carboxylic acids is 2. The van der Waals surface area contributed by atoms with Gasteiger partial charge in [-0.2, -0.15) is 0 Å². The van der Waals surface area contributed by atoms with E-state index in [1.54, 1.807) is 4.90 Å². The van der Waals surface area contributed by atoms with Gasteiger partial charge in [0.05, 0.1) is 10.9 Å². The zero-order valence-corrected chi connectivity index (χ0v) is 14.5. The van der Waals surface area contributed by atoms with Crippen LogP contribution in [-0.4, -0.2) is 41.6 Å². The Morgan fingerprint density at radius 1 is 1.45 bits per heavy atom. The van der Waals surface area contributed by atoms with Gasteiger partial charge in [0, 0.05) is 13.1 Å². The van der Waals surface area contributed by atoms with E-state index in [0.29, 0.717) is 13.1 Å². The summed E-state index contributed by atoms with van der Waals surface area (Å²) in [4.78, 5) is 26.8. The molecule has 0 spiro atoms. The molecule has 2 rings (SSSR count).